The molecular weight excluding hydrogens is 284 g/mol. The molecule has 2 N–H and O–H groups in total. The van der Waals surface area contributed by atoms with Crippen LogP contribution in [0.4, 0.5) is 0 Å². The van der Waals surface area contributed by atoms with E-state index in [9.17, 15) is 0 Å². The molecule has 0 aliphatic rings. The molecule has 2 aromatic rings. The van der Waals surface area contributed by atoms with E-state index in [2.05, 4.69) is 11.9 Å². The Balaban J connectivity index is 2.50. The number of rotatable bonds is 4. The van der Waals surface area contributed by atoms with Gasteiger partial charge in [0, 0.05) is 5.56 Å². The topological polar surface area (TPSA) is 38.9 Å². The van der Waals surface area contributed by atoms with E-state index >= 15 is 0 Å². The summed E-state index contributed by atoms with van der Waals surface area (Å²) >= 11 is 12.8. The Kier molecular flexibility index (Phi) is 4.32. The average molecular weight is 297 g/mol. The Hall–Kier alpha value is -0.970. The van der Waals surface area contributed by atoms with Crippen molar-refractivity contribution >= 4 is 40.1 Å². The van der Waals surface area contributed by atoms with Crippen molar-refractivity contribution in [1.29, 1.82) is 0 Å². The molecule has 2 rings (SSSR count). The lowest BCUT2D eigenvalue weighted by Crippen LogP contribution is -2.09. The first-order chi connectivity index (χ1) is 8.63. The van der Waals surface area contributed by atoms with E-state index < -0.39 is 0 Å². The second-order valence-electron chi connectivity index (χ2n) is 3.89. The summed E-state index contributed by atoms with van der Waals surface area (Å²) in [4.78, 5) is 5.93. The first kappa shape index (κ1) is 13.5. The van der Waals surface area contributed by atoms with Crippen molar-refractivity contribution in [1.82, 2.24) is 4.98 Å². The van der Waals surface area contributed by atoms with Gasteiger partial charge in [-0.25, -0.2) is 4.98 Å². The Morgan fingerprint density at radius 3 is 2.78 bits per heavy atom. The highest BCUT2D eigenvalue weighted by atomic mass is 35.5. The van der Waals surface area contributed by atoms with Crippen LogP contribution in [-0.2, 0) is 6.42 Å². The fourth-order valence-electron chi connectivity index (χ4n) is 1.70. The minimum atomic E-state index is 0.411. The first-order valence-corrected chi connectivity index (χ1v) is 7.28. The number of nitrogens with zero attached hydrogens (tertiary/aromatic N) is 1. The van der Waals surface area contributed by atoms with Crippen LogP contribution in [0, 0.1) is 0 Å². The predicted octanol–water partition coefficient (Wildman–Crippen LogP) is 4.05. The van der Waals surface area contributed by atoms with Gasteiger partial charge in [-0.05, 0) is 12.5 Å². The maximum Gasteiger partial charge on any atom is 0.125 e. The SMILES string of the molecule is CCCc1nc(-c2ccccc2Cl)sc1C(N)=S. The molecule has 0 saturated heterocycles. The van der Waals surface area contributed by atoms with Gasteiger partial charge in [0.2, 0.25) is 0 Å². The number of aromatic nitrogens is 1. The summed E-state index contributed by atoms with van der Waals surface area (Å²) in [5.74, 6) is 0. The zero-order chi connectivity index (χ0) is 13.1. The van der Waals surface area contributed by atoms with Crippen LogP contribution in [0.1, 0.15) is 23.9 Å². The Morgan fingerprint density at radius 2 is 2.17 bits per heavy atom. The smallest absolute Gasteiger partial charge is 0.125 e. The summed E-state index contributed by atoms with van der Waals surface area (Å²) in [5, 5.41) is 1.58. The van der Waals surface area contributed by atoms with Gasteiger partial charge in [0.05, 0.1) is 15.6 Å². The summed E-state index contributed by atoms with van der Waals surface area (Å²) in [7, 11) is 0. The van der Waals surface area contributed by atoms with Gasteiger partial charge in [0.1, 0.15) is 10.00 Å². The van der Waals surface area contributed by atoms with Crippen molar-refractivity contribution in [2.24, 2.45) is 5.73 Å². The molecule has 2 nitrogen and oxygen atoms in total. The van der Waals surface area contributed by atoms with Crippen LogP contribution in [0.2, 0.25) is 5.02 Å². The van der Waals surface area contributed by atoms with Gasteiger partial charge in [-0.3, -0.25) is 0 Å². The van der Waals surface area contributed by atoms with Crippen molar-refractivity contribution in [3.63, 3.8) is 0 Å². The van der Waals surface area contributed by atoms with E-state index in [1.165, 1.54) is 11.3 Å². The number of halogens is 1. The van der Waals surface area contributed by atoms with E-state index in [1.807, 2.05) is 24.3 Å². The third-order valence-corrected chi connectivity index (χ3v) is 4.34. The highest BCUT2D eigenvalue weighted by molar-refractivity contribution is 7.81. The number of hydrogen-bond donors (Lipinski definition) is 1. The van der Waals surface area contributed by atoms with Crippen molar-refractivity contribution in [3.05, 3.63) is 39.9 Å². The summed E-state index contributed by atoms with van der Waals surface area (Å²) in [6, 6.07) is 7.67. The minimum absolute atomic E-state index is 0.411. The normalized spacial score (nSPS) is 10.6. The molecule has 0 amide bonds. The average Bonchev–Trinajstić information content (AvgIpc) is 2.74. The van der Waals surface area contributed by atoms with Gasteiger partial charge in [-0.1, -0.05) is 55.4 Å². The standard InChI is InChI=1S/C13H13ClN2S2/c1-2-5-10-11(12(15)17)18-13(16-10)8-6-3-4-7-9(8)14/h3-4,6-7H,2,5H2,1H3,(H2,15,17). The zero-order valence-electron chi connectivity index (χ0n) is 9.94. The summed E-state index contributed by atoms with van der Waals surface area (Å²) in [6.07, 6.45) is 1.90. The number of nitrogens with two attached hydrogens (primary N) is 1. The molecule has 0 radical (unpaired) electrons. The van der Waals surface area contributed by atoms with Crippen molar-refractivity contribution in [3.8, 4) is 10.6 Å². The molecule has 0 saturated carbocycles. The van der Waals surface area contributed by atoms with E-state index in [4.69, 9.17) is 29.6 Å². The van der Waals surface area contributed by atoms with Crippen LogP contribution < -0.4 is 5.73 Å². The Morgan fingerprint density at radius 1 is 1.44 bits per heavy atom. The van der Waals surface area contributed by atoms with E-state index in [1.54, 1.807) is 0 Å². The third-order valence-electron chi connectivity index (χ3n) is 2.51. The second kappa shape index (κ2) is 5.78. The molecule has 0 fully saturated rings. The Labute approximate surface area is 121 Å². The van der Waals surface area contributed by atoms with E-state index in [0.717, 1.165) is 34.0 Å². The monoisotopic (exact) mass is 296 g/mol. The number of thiocarbonyl (C=S) groups is 1. The lowest BCUT2D eigenvalue weighted by molar-refractivity contribution is 0.892. The maximum absolute atomic E-state index is 6.18. The fourth-order valence-corrected chi connectivity index (χ4v) is 3.23. The lowest BCUT2D eigenvalue weighted by atomic mass is 10.2. The van der Waals surface area contributed by atoms with E-state index in [-0.39, 0.29) is 0 Å². The van der Waals surface area contributed by atoms with Gasteiger partial charge in [-0.2, -0.15) is 0 Å². The zero-order valence-corrected chi connectivity index (χ0v) is 12.3. The van der Waals surface area contributed by atoms with Gasteiger partial charge in [0.25, 0.3) is 0 Å². The predicted molar refractivity (Wildman–Crippen MR) is 82.4 cm³/mol. The van der Waals surface area contributed by atoms with Crippen LogP contribution in [0.15, 0.2) is 24.3 Å². The molecular formula is C13H13ClN2S2. The Bertz CT molecular complexity index is 578. The summed E-state index contributed by atoms with van der Waals surface area (Å²) < 4.78 is 0. The molecule has 0 unspecified atom stereocenters. The maximum atomic E-state index is 6.18. The van der Waals surface area contributed by atoms with Crippen LogP contribution in [0.3, 0.4) is 0 Å². The molecule has 0 aliphatic heterocycles. The van der Waals surface area contributed by atoms with Gasteiger partial charge >= 0.3 is 0 Å². The molecule has 0 bridgehead atoms. The number of hydrogen-bond acceptors (Lipinski definition) is 3. The van der Waals surface area contributed by atoms with Gasteiger partial charge in [0.15, 0.2) is 0 Å². The molecule has 0 spiro atoms. The highest BCUT2D eigenvalue weighted by Crippen LogP contribution is 2.33. The second-order valence-corrected chi connectivity index (χ2v) is 5.74. The quantitative estimate of drug-likeness (QED) is 0.865. The van der Waals surface area contributed by atoms with Crippen molar-refractivity contribution < 1.29 is 0 Å². The fraction of sp³-hybridized carbons (Fsp3) is 0.231. The molecule has 1 heterocycles. The van der Waals surface area contributed by atoms with Crippen LogP contribution >= 0.6 is 35.2 Å². The highest BCUT2D eigenvalue weighted by Gasteiger charge is 2.15. The molecule has 1 aromatic carbocycles. The van der Waals surface area contributed by atoms with Gasteiger partial charge in [-0.15, -0.1) is 11.3 Å². The number of thiazole rings is 1. The van der Waals surface area contributed by atoms with Crippen LogP contribution in [0.5, 0.6) is 0 Å². The minimum Gasteiger partial charge on any atom is -0.389 e. The molecule has 5 heteroatoms. The van der Waals surface area contributed by atoms with Crippen molar-refractivity contribution in [2.45, 2.75) is 19.8 Å². The van der Waals surface area contributed by atoms with Crippen molar-refractivity contribution in [2.75, 3.05) is 0 Å². The lowest BCUT2D eigenvalue weighted by Gasteiger charge is -1.98. The molecule has 94 valence electrons. The van der Waals surface area contributed by atoms with Crippen LogP contribution in [-0.4, -0.2) is 9.97 Å². The molecule has 0 atom stereocenters. The van der Waals surface area contributed by atoms with Crippen LogP contribution in [0.25, 0.3) is 10.6 Å². The van der Waals surface area contributed by atoms with E-state index in [0.29, 0.717) is 10.0 Å². The third kappa shape index (κ3) is 2.71. The molecule has 0 aliphatic carbocycles. The molecule has 1 aromatic heterocycles. The number of aryl methyl sites for hydroxylation is 1. The largest absolute Gasteiger partial charge is 0.389 e. The molecule has 18 heavy (non-hydrogen) atoms. The first-order valence-electron chi connectivity index (χ1n) is 5.68. The number of benzene rings is 1. The summed E-state index contributed by atoms with van der Waals surface area (Å²) in [5.41, 5.74) is 7.65. The van der Waals surface area contributed by atoms with Gasteiger partial charge < -0.3 is 5.73 Å². The summed E-state index contributed by atoms with van der Waals surface area (Å²) in [6.45, 7) is 2.11.